The Kier molecular flexibility index (Phi) is 6.39. The molecule has 4 rings (SSSR count). The molecule has 1 saturated heterocycles. The molecule has 2 aromatic carbocycles. The molecule has 5 nitrogen and oxygen atoms in total. The van der Waals surface area contributed by atoms with Crippen LogP contribution in [0.15, 0.2) is 36.4 Å². The number of hydrogen-bond acceptors (Lipinski definition) is 3. The first-order valence-electron chi connectivity index (χ1n) is 9.54. The fraction of sp³-hybridized carbons (Fsp3) is 0.333. The van der Waals surface area contributed by atoms with E-state index in [1.165, 1.54) is 18.2 Å². The lowest BCUT2D eigenvalue weighted by Crippen LogP contribution is -2.27. The standard InChI is InChI=1S/C21H17Cl4FN2O3/c22-11-7-10(8-12(23)9-11)16-17(21(16,24)25)20(30)28-14-4-1-3-13(18(14)26)27-19(29)15-5-2-6-31-15/h1,3-4,7-9,15-17H,2,5-6H2,(H,27,29)(H,28,30)/t15?,16-,17+/m0/s1. The number of carbonyl (C=O) groups excluding carboxylic acids is 2. The topological polar surface area (TPSA) is 67.4 Å². The van der Waals surface area contributed by atoms with Crippen molar-refractivity contribution in [2.45, 2.75) is 29.2 Å². The van der Waals surface area contributed by atoms with E-state index in [4.69, 9.17) is 51.1 Å². The smallest absolute Gasteiger partial charge is 0.253 e. The molecule has 2 aliphatic rings. The van der Waals surface area contributed by atoms with Gasteiger partial charge in [0, 0.05) is 22.6 Å². The third-order valence-electron chi connectivity index (χ3n) is 5.32. The molecule has 1 heterocycles. The van der Waals surface area contributed by atoms with Gasteiger partial charge < -0.3 is 15.4 Å². The minimum atomic E-state index is -1.39. The molecule has 0 bridgehead atoms. The Bertz CT molecular complexity index is 1020. The summed E-state index contributed by atoms with van der Waals surface area (Å²) >= 11 is 24.7. The van der Waals surface area contributed by atoms with Crippen LogP contribution in [0.3, 0.4) is 0 Å². The van der Waals surface area contributed by atoms with Crippen molar-refractivity contribution in [1.82, 2.24) is 0 Å². The van der Waals surface area contributed by atoms with E-state index in [0.29, 0.717) is 28.6 Å². The lowest BCUT2D eigenvalue weighted by molar-refractivity contribution is -0.124. The number of hydrogen-bond donors (Lipinski definition) is 2. The summed E-state index contributed by atoms with van der Waals surface area (Å²) in [5.74, 6) is -3.17. The molecule has 1 aliphatic carbocycles. The number of carbonyl (C=O) groups is 2. The van der Waals surface area contributed by atoms with Gasteiger partial charge in [0.05, 0.1) is 17.3 Å². The zero-order valence-corrected chi connectivity index (χ0v) is 19.0. The lowest BCUT2D eigenvalue weighted by Gasteiger charge is -2.13. The Hall–Kier alpha value is -1.57. The van der Waals surface area contributed by atoms with Crippen LogP contribution in [0.4, 0.5) is 15.8 Å². The van der Waals surface area contributed by atoms with Gasteiger partial charge in [-0.2, -0.15) is 0 Å². The Labute approximate surface area is 198 Å². The van der Waals surface area contributed by atoms with Gasteiger partial charge in [0.2, 0.25) is 5.91 Å². The van der Waals surface area contributed by atoms with Gasteiger partial charge in [-0.3, -0.25) is 9.59 Å². The molecule has 164 valence electrons. The van der Waals surface area contributed by atoms with E-state index in [1.807, 2.05) is 0 Å². The van der Waals surface area contributed by atoms with Crippen LogP contribution in [0.5, 0.6) is 0 Å². The minimum absolute atomic E-state index is 0.0599. The molecule has 1 aliphatic heterocycles. The molecule has 2 fully saturated rings. The Balaban J connectivity index is 1.49. The summed E-state index contributed by atoms with van der Waals surface area (Å²) in [7, 11) is 0. The number of alkyl halides is 2. The summed E-state index contributed by atoms with van der Waals surface area (Å²) in [5.41, 5.74) is 0.449. The maximum atomic E-state index is 14.9. The van der Waals surface area contributed by atoms with Crippen LogP contribution < -0.4 is 10.6 Å². The molecule has 3 atom stereocenters. The lowest BCUT2D eigenvalue weighted by atomic mass is 10.1. The fourth-order valence-electron chi connectivity index (χ4n) is 3.76. The van der Waals surface area contributed by atoms with Crippen molar-refractivity contribution in [1.29, 1.82) is 0 Å². The van der Waals surface area contributed by atoms with Crippen molar-refractivity contribution in [2.24, 2.45) is 5.92 Å². The molecule has 2 aromatic rings. The highest BCUT2D eigenvalue weighted by Gasteiger charge is 2.67. The van der Waals surface area contributed by atoms with Crippen LogP contribution in [0.25, 0.3) is 0 Å². The quantitative estimate of drug-likeness (QED) is 0.506. The summed E-state index contributed by atoms with van der Waals surface area (Å²) in [4.78, 5) is 25.0. The van der Waals surface area contributed by atoms with Crippen molar-refractivity contribution in [2.75, 3.05) is 17.2 Å². The summed E-state index contributed by atoms with van der Waals surface area (Å²) < 4.78 is 18.8. The van der Waals surface area contributed by atoms with Gasteiger partial charge in [0.1, 0.15) is 10.4 Å². The van der Waals surface area contributed by atoms with Crippen molar-refractivity contribution >= 4 is 69.6 Å². The molecule has 2 amide bonds. The van der Waals surface area contributed by atoms with E-state index in [1.54, 1.807) is 18.2 Å². The summed E-state index contributed by atoms with van der Waals surface area (Å²) in [6, 6.07) is 9.12. The van der Waals surface area contributed by atoms with Crippen molar-refractivity contribution < 1.29 is 18.7 Å². The molecule has 10 heteroatoms. The van der Waals surface area contributed by atoms with Gasteiger partial charge >= 0.3 is 0 Å². The van der Waals surface area contributed by atoms with Gasteiger partial charge in [-0.15, -0.1) is 23.2 Å². The second-order valence-electron chi connectivity index (χ2n) is 7.48. The largest absolute Gasteiger partial charge is 0.368 e. The minimum Gasteiger partial charge on any atom is -0.368 e. The van der Waals surface area contributed by atoms with Crippen LogP contribution in [-0.4, -0.2) is 28.9 Å². The number of ether oxygens (including phenoxy) is 1. The number of benzene rings is 2. The van der Waals surface area contributed by atoms with Gasteiger partial charge in [-0.05, 0) is 48.7 Å². The fourth-order valence-corrected chi connectivity index (χ4v) is 5.13. The maximum absolute atomic E-state index is 14.9. The van der Waals surface area contributed by atoms with Gasteiger partial charge in [0.25, 0.3) is 5.91 Å². The Morgan fingerprint density at radius 1 is 1.03 bits per heavy atom. The van der Waals surface area contributed by atoms with Crippen LogP contribution >= 0.6 is 46.4 Å². The Morgan fingerprint density at radius 3 is 2.23 bits per heavy atom. The van der Waals surface area contributed by atoms with Gasteiger partial charge in [-0.25, -0.2) is 4.39 Å². The van der Waals surface area contributed by atoms with Crippen LogP contribution in [0.1, 0.15) is 24.3 Å². The third-order valence-corrected chi connectivity index (χ3v) is 6.69. The third kappa shape index (κ3) is 4.64. The van der Waals surface area contributed by atoms with Crippen molar-refractivity contribution in [3.8, 4) is 0 Å². The monoisotopic (exact) mass is 504 g/mol. The summed E-state index contributed by atoms with van der Waals surface area (Å²) in [6.45, 7) is 0.496. The molecule has 0 aromatic heterocycles. The second kappa shape index (κ2) is 8.75. The van der Waals surface area contributed by atoms with Gasteiger partial charge in [0.15, 0.2) is 5.82 Å². The van der Waals surface area contributed by atoms with Gasteiger partial charge in [-0.1, -0.05) is 29.3 Å². The first-order valence-corrected chi connectivity index (χ1v) is 11.1. The molecule has 0 spiro atoms. The molecular formula is C21H17Cl4FN2O3. The van der Waals surface area contributed by atoms with Crippen LogP contribution in [-0.2, 0) is 14.3 Å². The average molecular weight is 506 g/mol. The first-order chi connectivity index (χ1) is 14.7. The normalized spacial score (nSPS) is 24.0. The van der Waals surface area contributed by atoms with Crippen LogP contribution in [0.2, 0.25) is 10.0 Å². The van der Waals surface area contributed by atoms with E-state index >= 15 is 0 Å². The number of halogens is 5. The number of nitrogens with one attached hydrogen (secondary N) is 2. The zero-order valence-electron chi connectivity index (χ0n) is 15.9. The summed E-state index contributed by atoms with van der Waals surface area (Å²) in [6.07, 6.45) is 0.742. The molecular weight excluding hydrogens is 489 g/mol. The molecule has 1 saturated carbocycles. The predicted octanol–water partition coefficient (Wildman–Crippen LogP) is 5.78. The molecule has 0 radical (unpaired) electrons. The molecule has 31 heavy (non-hydrogen) atoms. The van der Waals surface area contributed by atoms with E-state index in [2.05, 4.69) is 10.6 Å². The number of rotatable bonds is 5. The first kappa shape index (κ1) is 22.6. The van der Waals surface area contributed by atoms with Crippen molar-refractivity contribution in [3.05, 3.63) is 57.8 Å². The highest BCUT2D eigenvalue weighted by atomic mass is 35.5. The molecule has 2 N–H and O–H groups in total. The van der Waals surface area contributed by atoms with E-state index in [9.17, 15) is 14.0 Å². The SMILES string of the molecule is O=C(Nc1cccc(NC(=O)[C@H]2[C@H](c3cc(Cl)cc(Cl)c3)C2(Cl)Cl)c1F)C1CCCO1. The van der Waals surface area contributed by atoms with Crippen molar-refractivity contribution in [3.63, 3.8) is 0 Å². The predicted molar refractivity (Wildman–Crippen MR) is 120 cm³/mol. The van der Waals surface area contributed by atoms with E-state index in [0.717, 1.165) is 6.42 Å². The average Bonchev–Trinajstić information content (AvgIpc) is 3.04. The van der Waals surface area contributed by atoms with Crippen LogP contribution in [0, 0.1) is 11.7 Å². The zero-order chi connectivity index (χ0) is 22.3. The Morgan fingerprint density at radius 2 is 1.65 bits per heavy atom. The van der Waals surface area contributed by atoms with E-state index in [-0.39, 0.29) is 11.4 Å². The highest BCUT2D eigenvalue weighted by molar-refractivity contribution is 6.53. The second-order valence-corrected chi connectivity index (χ2v) is 9.80. The summed E-state index contributed by atoms with van der Waals surface area (Å²) in [5, 5.41) is 5.79. The number of anilines is 2. The highest BCUT2D eigenvalue weighted by Crippen LogP contribution is 2.65. The number of amides is 2. The molecule has 1 unspecified atom stereocenters. The maximum Gasteiger partial charge on any atom is 0.253 e. The van der Waals surface area contributed by atoms with E-state index < -0.39 is 39.9 Å².